The Morgan fingerprint density at radius 1 is 0.467 bits per heavy atom. The summed E-state index contributed by atoms with van der Waals surface area (Å²) in [6.07, 6.45) is 0. The summed E-state index contributed by atoms with van der Waals surface area (Å²) in [7, 11) is 0. The lowest BCUT2D eigenvalue weighted by Crippen LogP contribution is -1.97. The smallest absolute Gasteiger partial charge is 0.135 e. The number of rotatable bonds is 3. The zero-order chi connectivity index (χ0) is 19.9. The van der Waals surface area contributed by atoms with Gasteiger partial charge in [0.2, 0.25) is 0 Å². The number of nitrogens with one attached hydrogen (secondary N) is 1. The molecule has 0 aliphatic carbocycles. The van der Waals surface area contributed by atoms with Crippen molar-refractivity contribution in [2.45, 2.75) is 0 Å². The maximum atomic E-state index is 6.22. The number of para-hydroxylation sites is 2. The Morgan fingerprint density at radius 2 is 1.17 bits per heavy atom. The minimum atomic E-state index is 0.918. The van der Waals surface area contributed by atoms with E-state index < -0.39 is 0 Å². The molecule has 0 radical (unpaired) electrons. The van der Waals surface area contributed by atoms with Crippen molar-refractivity contribution in [1.82, 2.24) is 0 Å². The highest BCUT2D eigenvalue weighted by molar-refractivity contribution is 6.10. The van der Waals surface area contributed by atoms with Crippen LogP contribution in [-0.2, 0) is 0 Å². The first-order chi connectivity index (χ1) is 14.9. The second-order valence-electron chi connectivity index (χ2n) is 7.51. The van der Waals surface area contributed by atoms with Gasteiger partial charge in [0.05, 0.1) is 0 Å². The molecule has 2 heteroatoms. The van der Waals surface area contributed by atoms with Crippen molar-refractivity contribution < 1.29 is 4.74 Å². The van der Waals surface area contributed by atoms with Gasteiger partial charge in [0.1, 0.15) is 11.5 Å². The molecular weight excluding hydrogens is 366 g/mol. The Kier molecular flexibility index (Phi) is 3.82. The molecule has 6 rings (SSSR count). The predicted molar refractivity (Wildman–Crippen MR) is 125 cm³/mol. The van der Waals surface area contributed by atoms with E-state index in [2.05, 4.69) is 84.2 Å². The maximum Gasteiger partial charge on any atom is 0.135 e. The highest BCUT2D eigenvalue weighted by atomic mass is 16.5. The van der Waals surface area contributed by atoms with Gasteiger partial charge in [-0.25, -0.2) is 0 Å². The second kappa shape index (κ2) is 6.78. The number of hydrogen-bond donors (Lipinski definition) is 1. The summed E-state index contributed by atoms with van der Waals surface area (Å²) in [5, 5.41) is 5.84. The van der Waals surface area contributed by atoms with Crippen molar-refractivity contribution >= 4 is 22.1 Å². The molecule has 0 amide bonds. The van der Waals surface area contributed by atoms with Crippen LogP contribution in [0.5, 0.6) is 11.5 Å². The minimum absolute atomic E-state index is 0.918. The molecule has 0 saturated heterocycles. The van der Waals surface area contributed by atoms with Crippen LogP contribution in [0.15, 0.2) is 109 Å². The first kappa shape index (κ1) is 16.9. The van der Waals surface area contributed by atoms with Gasteiger partial charge in [-0.15, -0.1) is 0 Å². The molecule has 0 fully saturated rings. The van der Waals surface area contributed by atoms with Gasteiger partial charge >= 0.3 is 0 Å². The van der Waals surface area contributed by atoms with E-state index >= 15 is 0 Å². The molecule has 0 aromatic heterocycles. The first-order valence-electron chi connectivity index (χ1n) is 10.1. The standard InChI is InChI=1S/C28H19NO/c1-2-7-20(8-3-1)29-21-15-13-19(14-16-21)22-17-18-25-23-9-4-5-11-26(23)30-27-12-6-10-24(22)28(25)27/h1-18,29H. The fourth-order valence-corrected chi connectivity index (χ4v) is 4.25. The lowest BCUT2D eigenvalue weighted by Gasteiger charge is -2.22. The molecular formula is C28H19NO. The molecule has 142 valence electrons. The van der Waals surface area contributed by atoms with Crippen LogP contribution in [0.2, 0.25) is 0 Å². The number of fused-ring (bicyclic) bond motifs is 2. The van der Waals surface area contributed by atoms with Crippen molar-refractivity contribution in [2.24, 2.45) is 0 Å². The Labute approximate surface area is 175 Å². The molecule has 30 heavy (non-hydrogen) atoms. The van der Waals surface area contributed by atoms with Crippen LogP contribution in [0.25, 0.3) is 33.0 Å². The number of ether oxygens (including phenoxy) is 1. The molecule has 0 atom stereocenters. The quantitative estimate of drug-likeness (QED) is 0.333. The molecule has 1 aliphatic rings. The molecule has 0 spiro atoms. The van der Waals surface area contributed by atoms with Crippen LogP contribution in [0.1, 0.15) is 0 Å². The SMILES string of the molecule is c1ccc(Nc2ccc(-c3ccc4c5c(cccc35)Oc3ccccc3-4)cc2)cc1. The Bertz CT molecular complexity index is 1370. The van der Waals surface area contributed by atoms with Gasteiger partial charge in [0, 0.05) is 22.3 Å². The third-order valence-corrected chi connectivity index (χ3v) is 5.66. The number of benzene rings is 5. The summed E-state index contributed by atoms with van der Waals surface area (Å²) in [5.74, 6) is 1.84. The van der Waals surface area contributed by atoms with E-state index in [1.807, 2.05) is 30.3 Å². The van der Waals surface area contributed by atoms with Crippen molar-refractivity contribution in [2.75, 3.05) is 5.32 Å². The average Bonchev–Trinajstić information content (AvgIpc) is 2.81. The minimum Gasteiger partial charge on any atom is -0.456 e. The number of anilines is 2. The molecule has 0 saturated carbocycles. The van der Waals surface area contributed by atoms with Gasteiger partial charge < -0.3 is 10.1 Å². The predicted octanol–water partition coefficient (Wildman–Crippen LogP) is 8.02. The average molecular weight is 385 g/mol. The topological polar surface area (TPSA) is 21.3 Å². The van der Waals surface area contributed by atoms with Crippen molar-refractivity contribution in [3.63, 3.8) is 0 Å². The van der Waals surface area contributed by atoms with E-state index in [-0.39, 0.29) is 0 Å². The van der Waals surface area contributed by atoms with E-state index in [0.29, 0.717) is 0 Å². The van der Waals surface area contributed by atoms with E-state index in [4.69, 9.17) is 4.74 Å². The Hall–Kier alpha value is -4.04. The van der Waals surface area contributed by atoms with Crippen LogP contribution >= 0.6 is 0 Å². The van der Waals surface area contributed by atoms with Crippen LogP contribution in [0.4, 0.5) is 11.4 Å². The van der Waals surface area contributed by atoms with Crippen molar-refractivity contribution in [3.05, 3.63) is 109 Å². The summed E-state index contributed by atoms with van der Waals surface area (Å²) in [5.41, 5.74) is 6.94. The fourth-order valence-electron chi connectivity index (χ4n) is 4.25. The highest BCUT2D eigenvalue weighted by Gasteiger charge is 2.20. The second-order valence-corrected chi connectivity index (χ2v) is 7.51. The summed E-state index contributed by atoms with van der Waals surface area (Å²) in [6, 6.07) is 37.8. The van der Waals surface area contributed by atoms with Crippen LogP contribution in [0.3, 0.4) is 0 Å². The molecule has 1 heterocycles. The van der Waals surface area contributed by atoms with E-state index in [9.17, 15) is 0 Å². The monoisotopic (exact) mass is 385 g/mol. The first-order valence-corrected chi connectivity index (χ1v) is 10.1. The maximum absolute atomic E-state index is 6.22. The van der Waals surface area contributed by atoms with Crippen LogP contribution in [-0.4, -0.2) is 0 Å². The zero-order valence-corrected chi connectivity index (χ0v) is 16.3. The summed E-state index contributed by atoms with van der Waals surface area (Å²) < 4.78 is 6.22. The van der Waals surface area contributed by atoms with Gasteiger partial charge in [-0.1, -0.05) is 72.8 Å². The summed E-state index contributed by atoms with van der Waals surface area (Å²) in [6.45, 7) is 0. The molecule has 1 aliphatic heterocycles. The van der Waals surface area contributed by atoms with Crippen molar-refractivity contribution in [1.29, 1.82) is 0 Å². The largest absolute Gasteiger partial charge is 0.456 e. The third kappa shape index (κ3) is 2.73. The summed E-state index contributed by atoms with van der Waals surface area (Å²) >= 11 is 0. The molecule has 2 nitrogen and oxygen atoms in total. The fraction of sp³-hybridized carbons (Fsp3) is 0. The molecule has 5 aromatic carbocycles. The van der Waals surface area contributed by atoms with E-state index in [1.54, 1.807) is 0 Å². The summed E-state index contributed by atoms with van der Waals surface area (Å²) in [4.78, 5) is 0. The van der Waals surface area contributed by atoms with Gasteiger partial charge in [0.25, 0.3) is 0 Å². The van der Waals surface area contributed by atoms with Crippen molar-refractivity contribution in [3.8, 4) is 33.8 Å². The molecule has 0 unspecified atom stereocenters. The highest BCUT2D eigenvalue weighted by Crippen LogP contribution is 2.48. The van der Waals surface area contributed by atoms with Gasteiger partial charge in [0.15, 0.2) is 0 Å². The normalized spacial score (nSPS) is 11.6. The zero-order valence-electron chi connectivity index (χ0n) is 16.3. The lowest BCUT2D eigenvalue weighted by molar-refractivity contribution is 0.487. The lowest BCUT2D eigenvalue weighted by atomic mass is 9.90. The van der Waals surface area contributed by atoms with E-state index in [0.717, 1.165) is 28.4 Å². The van der Waals surface area contributed by atoms with Crippen LogP contribution < -0.4 is 10.1 Å². The Morgan fingerprint density at radius 3 is 2.03 bits per heavy atom. The number of hydrogen-bond acceptors (Lipinski definition) is 2. The van der Waals surface area contributed by atoms with Crippen LogP contribution in [0, 0.1) is 0 Å². The molecule has 1 N–H and O–H groups in total. The van der Waals surface area contributed by atoms with Gasteiger partial charge in [-0.05, 0) is 58.5 Å². The molecule has 5 aromatic rings. The Balaban J connectivity index is 1.44. The third-order valence-electron chi connectivity index (χ3n) is 5.66. The van der Waals surface area contributed by atoms with Gasteiger partial charge in [-0.2, -0.15) is 0 Å². The van der Waals surface area contributed by atoms with E-state index in [1.165, 1.54) is 27.5 Å². The van der Waals surface area contributed by atoms with Gasteiger partial charge in [-0.3, -0.25) is 0 Å². The molecule has 0 bridgehead atoms.